The Hall–Kier alpha value is -1.83. The van der Waals surface area contributed by atoms with Crippen LogP contribution in [0.3, 0.4) is 0 Å². The molecule has 0 bridgehead atoms. The first-order valence-electron chi connectivity index (χ1n) is 7.43. The minimum absolute atomic E-state index is 0.0530. The van der Waals surface area contributed by atoms with Crippen LogP contribution < -0.4 is 5.32 Å². The summed E-state index contributed by atoms with van der Waals surface area (Å²) in [5, 5.41) is 11.6. The number of aliphatic hydroxyl groups excluding tert-OH is 1. The van der Waals surface area contributed by atoms with Crippen molar-refractivity contribution in [3.8, 4) is 11.8 Å². The lowest BCUT2D eigenvalue weighted by atomic mass is 10.1. The standard InChI is InChI=1S/C17H22N2O2/c1-14(19-10-2-3-11-19)13-18-17(21)16-8-6-15(7-9-16)5-4-12-20/h6-9,14,20H,2-3,10-13H2,1H3,(H,18,21). The first kappa shape index (κ1) is 15.6. The molecule has 2 rings (SSSR count). The quantitative estimate of drug-likeness (QED) is 0.819. The first-order valence-corrected chi connectivity index (χ1v) is 7.43. The highest BCUT2D eigenvalue weighted by Gasteiger charge is 2.18. The van der Waals surface area contributed by atoms with Crippen LogP contribution in [0.25, 0.3) is 0 Å². The lowest BCUT2D eigenvalue weighted by Crippen LogP contribution is -2.40. The van der Waals surface area contributed by atoms with Crippen LogP contribution in [0.2, 0.25) is 0 Å². The fourth-order valence-corrected chi connectivity index (χ4v) is 2.50. The van der Waals surface area contributed by atoms with Crippen molar-refractivity contribution in [2.75, 3.05) is 26.2 Å². The van der Waals surface area contributed by atoms with Gasteiger partial charge < -0.3 is 10.4 Å². The van der Waals surface area contributed by atoms with Crippen LogP contribution in [0.4, 0.5) is 0 Å². The Morgan fingerprint density at radius 1 is 1.33 bits per heavy atom. The largest absolute Gasteiger partial charge is 0.384 e. The summed E-state index contributed by atoms with van der Waals surface area (Å²) in [4.78, 5) is 14.5. The van der Waals surface area contributed by atoms with E-state index in [0.29, 0.717) is 18.2 Å². The summed E-state index contributed by atoms with van der Waals surface area (Å²) in [5.41, 5.74) is 1.43. The van der Waals surface area contributed by atoms with Crippen molar-refractivity contribution in [1.29, 1.82) is 0 Å². The molecule has 1 aliphatic heterocycles. The molecule has 4 nitrogen and oxygen atoms in total. The van der Waals surface area contributed by atoms with Gasteiger partial charge in [-0.25, -0.2) is 0 Å². The smallest absolute Gasteiger partial charge is 0.251 e. The van der Waals surface area contributed by atoms with Gasteiger partial charge in [-0.15, -0.1) is 0 Å². The lowest BCUT2D eigenvalue weighted by Gasteiger charge is -2.23. The molecule has 1 fully saturated rings. The van der Waals surface area contributed by atoms with Gasteiger partial charge in [-0.3, -0.25) is 9.69 Å². The molecule has 1 atom stereocenters. The molecule has 2 N–H and O–H groups in total. The van der Waals surface area contributed by atoms with E-state index in [9.17, 15) is 4.79 Å². The summed E-state index contributed by atoms with van der Waals surface area (Å²) in [6.45, 7) is 4.94. The summed E-state index contributed by atoms with van der Waals surface area (Å²) < 4.78 is 0. The second-order valence-electron chi connectivity index (χ2n) is 5.34. The number of aliphatic hydroxyl groups is 1. The molecule has 112 valence electrons. The number of nitrogens with zero attached hydrogens (tertiary/aromatic N) is 1. The van der Waals surface area contributed by atoms with Crippen LogP contribution in [0.5, 0.6) is 0 Å². The van der Waals surface area contributed by atoms with E-state index < -0.39 is 0 Å². The van der Waals surface area contributed by atoms with Gasteiger partial charge in [-0.05, 0) is 57.1 Å². The number of benzene rings is 1. The summed E-state index contributed by atoms with van der Waals surface area (Å²) in [5.74, 6) is 5.34. The van der Waals surface area contributed by atoms with Crippen molar-refractivity contribution in [2.45, 2.75) is 25.8 Å². The Balaban J connectivity index is 1.85. The number of hydrogen-bond acceptors (Lipinski definition) is 3. The average Bonchev–Trinajstić information content (AvgIpc) is 3.05. The molecule has 1 aliphatic rings. The van der Waals surface area contributed by atoms with Crippen LogP contribution in [-0.2, 0) is 0 Å². The van der Waals surface area contributed by atoms with Crippen molar-refractivity contribution in [3.63, 3.8) is 0 Å². The third-order valence-corrected chi connectivity index (χ3v) is 3.78. The number of rotatable bonds is 4. The van der Waals surface area contributed by atoms with Crippen LogP contribution in [0.1, 0.15) is 35.7 Å². The zero-order valence-corrected chi connectivity index (χ0v) is 12.4. The highest BCUT2D eigenvalue weighted by atomic mass is 16.2. The molecular formula is C17H22N2O2. The molecule has 1 amide bonds. The lowest BCUT2D eigenvalue weighted by molar-refractivity contribution is 0.0940. The summed E-state index contributed by atoms with van der Waals surface area (Å²) >= 11 is 0. The minimum atomic E-state index is -0.156. The molecular weight excluding hydrogens is 264 g/mol. The van der Waals surface area contributed by atoms with Crippen molar-refractivity contribution < 1.29 is 9.90 Å². The molecule has 4 heteroatoms. The molecule has 1 aromatic rings. The Labute approximate surface area is 126 Å². The van der Waals surface area contributed by atoms with E-state index in [0.717, 1.165) is 18.7 Å². The van der Waals surface area contributed by atoms with E-state index in [1.807, 2.05) is 0 Å². The van der Waals surface area contributed by atoms with Gasteiger partial charge in [0.1, 0.15) is 6.61 Å². The van der Waals surface area contributed by atoms with Crippen molar-refractivity contribution in [1.82, 2.24) is 10.2 Å². The van der Waals surface area contributed by atoms with Gasteiger partial charge in [-0.1, -0.05) is 11.8 Å². The molecule has 0 saturated carbocycles. The Morgan fingerprint density at radius 3 is 2.62 bits per heavy atom. The van der Waals surface area contributed by atoms with Crippen molar-refractivity contribution in [3.05, 3.63) is 35.4 Å². The number of carbonyl (C=O) groups excluding carboxylic acids is 1. The van der Waals surface area contributed by atoms with E-state index in [1.165, 1.54) is 12.8 Å². The molecule has 1 unspecified atom stereocenters. The first-order chi connectivity index (χ1) is 10.2. The van der Waals surface area contributed by atoms with Crippen molar-refractivity contribution in [2.24, 2.45) is 0 Å². The highest BCUT2D eigenvalue weighted by molar-refractivity contribution is 5.94. The summed E-state index contributed by atoms with van der Waals surface area (Å²) in [7, 11) is 0. The van der Waals surface area contributed by atoms with Crippen molar-refractivity contribution >= 4 is 5.91 Å². The minimum Gasteiger partial charge on any atom is -0.384 e. The molecule has 1 saturated heterocycles. The summed E-state index contributed by atoms with van der Waals surface area (Å²) in [6, 6.07) is 7.49. The fraction of sp³-hybridized carbons (Fsp3) is 0.471. The maximum atomic E-state index is 12.1. The van der Waals surface area contributed by atoms with E-state index in [4.69, 9.17) is 5.11 Å². The second kappa shape index (κ2) is 7.82. The molecule has 0 aromatic heterocycles. The van der Waals surface area contributed by atoms with Gasteiger partial charge in [0.05, 0.1) is 0 Å². The van der Waals surface area contributed by atoms with Gasteiger partial charge in [0.25, 0.3) is 5.91 Å². The van der Waals surface area contributed by atoms with Gasteiger partial charge in [0.15, 0.2) is 0 Å². The topological polar surface area (TPSA) is 52.6 Å². The van der Waals surface area contributed by atoms with E-state index in [-0.39, 0.29) is 12.5 Å². The SMILES string of the molecule is CC(CNC(=O)c1ccc(C#CCO)cc1)N1CCCC1. The zero-order chi connectivity index (χ0) is 15.1. The number of nitrogens with one attached hydrogen (secondary N) is 1. The third-order valence-electron chi connectivity index (χ3n) is 3.78. The number of hydrogen-bond donors (Lipinski definition) is 2. The van der Waals surface area contributed by atoms with Gasteiger partial charge in [0, 0.05) is 23.7 Å². The van der Waals surface area contributed by atoms with Gasteiger partial charge in [0.2, 0.25) is 0 Å². The monoisotopic (exact) mass is 286 g/mol. The van der Waals surface area contributed by atoms with E-state index >= 15 is 0 Å². The molecule has 1 heterocycles. The molecule has 0 spiro atoms. The maximum Gasteiger partial charge on any atom is 0.251 e. The predicted molar refractivity (Wildman–Crippen MR) is 83.0 cm³/mol. The molecule has 1 aromatic carbocycles. The predicted octanol–water partition coefficient (Wildman–Crippen LogP) is 1.24. The maximum absolute atomic E-state index is 12.1. The summed E-state index contributed by atoms with van der Waals surface area (Å²) in [6.07, 6.45) is 2.52. The average molecular weight is 286 g/mol. The zero-order valence-electron chi connectivity index (χ0n) is 12.4. The van der Waals surface area contributed by atoms with Gasteiger partial charge >= 0.3 is 0 Å². The van der Waals surface area contributed by atoms with Gasteiger partial charge in [-0.2, -0.15) is 0 Å². The fourth-order valence-electron chi connectivity index (χ4n) is 2.50. The van der Waals surface area contributed by atoms with E-state index in [2.05, 4.69) is 29.0 Å². The highest BCUT2D eigenvalue weighted by Crippen LogP contribution is 2.11. The van der Waals surface area contributed by atoms with E-state index in [1.54, 1.807) is 24.3 Å². The number of carbonyl (C=O) groups is 1. The molecule has 0 radical (unpaired) electrons. The number of amides is 1. The third kappa shape index (κ3) is 4.59. The van der Waals surface area contributed by atoms with Crippen LogP contribution in [-0.4, -0.2) is 48.2 Å². The Kier molecular flexibility index (Phi) is 5.79. The normalized spacial score (nSPS) is 16.1. The Bertz CT molecular complexity index is 522. The molecule has 0 aliphatic carbocycles. The number of likely N-dealkylation sites (tertiary alicyclic amines) is 1. The van der Waals surface area contributed by atoms with Crippen LogP contribution in [0, 0.1) is 11.8 Å². The Morgan fingerprint density at radius 2 is 2.00 bits per heavy atom. The second-order valence-corrected chi connectivity index (χ2v) is 5.34. The van der Waals surface area contributed by atoms with Crippen LogP contribution >= 0.6 is 0 Å². The molecule has 21 heavy (non-hydrogen) atoms. The van der Waals surface area contributed by atoms with Crippen LogP contribution in [0.15, 0.2) is 24.3 Å².